The first-order valence-electron chi connectivity index (χ1n) is 4.72. The molecule has 0 fully saturated rings. The Morgan fingerprint density at radius 2 is 1.93 bits per heavy atom. The molecule has 1 N–H and O–H groups in total. The van der Waals surface area contributed by atoms with Gasteiger partial charge in [0.2, 0.25) is 0 Å². The largest absolute Gasteiger partial charge is 0.633 e. The third-order valence-corrected chi connectivity index (χ3v) is 2.31. The van der Waals surface area contributed by atoms with Crippen LogP contribution in [0.15, 0.2) is 30.3 Å². The van der Waals surface area contributed by atoms with Gasteiger partial charge in [-0.25, -0.2) is 4.79 Å². The third-order valence-electron chi connectivity index (χ3n) is 2.31. The molecular formula is C11H15NO3. The van der Waals surface area contributed by atoms with E-state index >= 15 is 0 Å². The molecule has 0 heterocycles. The molecule has 0 aliphatic rings. The molecule has 0 aliphatic carbocycles. The van der Waals surface area contributed by atoms with Crippen LogP contribution in [-0.2, 0) is 11.2 Å². The summed E-state index contributed by atoms with van der Waals surface area (Å²) in [5, 5.41) is 20.6. The fraction of sp³-hybridized carbons (Fsp3) is 0.364. The molecule has 0 unspecified atom stereocenters. The maximum atomic E-state index is 11.6. The first-order chi connectivity index (χ1) is 6.91. The highest BCUT2D eigenvalue weighted by Gasteiger charge is 2.28. The highest BCUT2D eigenvalue weighted by atomic mass is 16.5. The van der Waals surface area contributed by atoms with Gasteiger partial charge >= 0.3 is 5.97 Å². The summed E-state index contributed by atoms with van der Waals surface area (Å²) in [6, 6.07) is 8.22. The monoisotopic (exact) mass is 209 g/mol. The van der Waals surface area contributed by atoms with Gasteiger partial charge in [-0.2, -0.15) is 0 Å². The van der Waals surface area contributed by atoms with Gasteiger partial charge in [-0.1, -0.05) is 30.3 Å². The van der Waals surface area contributed by atoms with Crippen molar-refractivity contribution < 1.29 is 14.5 Å². The molecule has 0 aliphatic heterocycles. The highest BCUT2D eigenvalue weighted by Crippen LogP contribution is 2.12. The van der Waals surface area contributed by atoms with Crippen molar-refractivity contribution in [1.82, 2.24) is 0 Å². The number of rotatable bonds is 4. The number of benzene rings is 1. The van der Waals surface area contributed by atoms with Gasteiger partial charge in [0, 0.05) is 6.42 Å². The lowest BCUT2D eigenvalue weighted by molar-refractivity contribution is -0.857. The second-order valence-corrected chi connectivity index (χ2v) is 3.98. The molecule has 82 valence electrons. The van der Waals surface area contributed by atoms with Gasteiger partial charge in [-0.15, -0.1) is 0 Å². The molecule has 0 amide bonds. The van der Waals surface area contributed by atoms with E-state index in [0.717, 1.165) is 5.56 Å². The molecular weight excluding hydrogens is 194 g/mol. The molecule has 4 nitrogen and oxygen atoms in total. The number of aliphatic carboxylic acids is 1. The Morgan fingerprint density at radius 3 is 2.33 bits per heavy atom. The number of hydrogen-bond donors (Lipinski definition) is 1. The molecule has 0 spiro atoms. The summed E-state index contributed by atoms with van der Waals surface area (Å²) < 4.78 is -0.815. The predicted octanol–water partition coefficient (Wildman–Crippen LogP) is 1.26. The summed E-state index contributed by atoms with van der Waals surface area (Å²) in [5.74, 6) is -1.06. The zero-order valence-electron chi connectivity index (χ0n) is 8.88. The van der Waals surface area contributed by atoms with E-state index in [-0.39, 0.29) is 6.42 Å². The van der Waals surface area contributed by atoms with Crippen molar-refractivity contribution in [3.8, 4) is 0 Å². The lowest BCUT2D eigenvalue weighted by Gasteiger charge is -2.39. The summed E-state index contributed by atoms with van der Waals surface area (Å²) in [5.41, 5.74) is 0.868. The average Bonchev–Trinajstić information content (AvgIpc) is 2.13. The molecule has 0 aromatic heterocycles. The molecule has 4 heteroatoms. The van der Waals surface area contributed by atoms with E-state index < -0.39 is 16.7 Å². The van der Waals surface area contributed by atoms with Gasteiger partial charge in [-0.3, -0.25) is 0 Å². The minimum absolute atomic E-state index is 0.257. The number of likely N-dealkylation sites (N-methyl/N-ethyl adjacent to an activating group) is 1. The number of nitrogens with zero attached hydrogens (tertiary/aromatic N) is 1. The molecule has 0 saturated heterocycles. The Kier molecular flexibility index (Phi) is 3.44. The molecule has 0 radical (unpaired) electrons. The van der Waals surface area contributed by atoms with E-state index in [9.17, 15) is 10.0 Å². The summed E-state index contributed by atoms with van der Waals surface area (Å²) in [6.07, 6.45) is 0.257. The predicted molar refractivity (Wildman–Crippen MR) is 57.0 cm³/mol. The molecule has 15 heavy (non-hydrogen) atoms. The summed E-state index contributed by atoms with van der Waals surface area (Å²) in [6.45, 7) is 0. The maximum absolute atomic E-state index is 11.6. The van der Waals surface area contributed by atoms with E-state index in [4.69, 9.17) is 5.11 Å². The van der Waals surface area contributed by atoms with Crippen LogP contribution in [0, 0.1) is 5.21 Å². The van der Waals surface area contributed by atoms with E-state index in [1.165, 1.54) is 14.1 Å². The van der Waals surface area contributed by atoms with Crippen LogP contribution in [0.5, 0.6) is 0 Å². The summed E-state index contributed by atoms with van der Waals surface area (Å²) in [7, 11) is 2.70. The number of carbonyl (C=O) groups is 1. The normalized spacial score (nSPS) is 13.5. The van der Waals surface area contributed by atoms with Crippen LogP contribution in [0.2, 0.25) is 0 Å². The minimum Gasteiger partial charge on any atom is -0.633 e. The van der Waals surface area contributed by atoms with Crippen molar-refractivity contribution in [2.45, 2.75) is 12.5 Å². The summed E-state index contributed by atoms with van der Waals surface area (Å²) >= 11 is 0. The van der Waals surface area contributed by atoms with Crippen LogP contribution in [0.25, 0.3) is 0 Å². The van der Waals surface area contributed by atoms with E-state index in [1.54, 1.807) is 0 Å². The van der Waals surface area contributed by atoms with Crippen molar-refractivity contribution in [3.63, 3.8) is 0 Å². The van der Waals surface area contributed by atoms with Gasteiger partial charge in [0.1, 0.15) is 0 Å². The van der Waals surface area contributed by atoms with Gasteiger partial charge < -0.3 is 15.0 Å². The van der Waals surface area contributed by atoms with Crippen LogP contribution in [0.1, 0.15) is 5.56 Å². The maximum Gasteiger partial charge on any atom is 0.363 e. The van der Waals surface area contributed by atoms with Crippen molar-refractivity contribution in [1.29, 1.82) is 0 Å². The zero-order valence-corrected chi connectivity index (χ0v) is 8.88. The van der Waals surface area contributed by atoms with Gasteiger partial charge in [0.25, 0.3) is 0 Å². The lowest BCUT2D eigenvalue weighted by Crippen LogP contribution is -2.49. The molecule has 1 aromatic carbocycles. The number of hydroxylamine groups is 3. The van der Waals surface area contributed by atoms with Gasteiger partial charge in [0.15, 0.2) is 6.04 Å². The van der Waals surface area contributed by atoms with E-state index in [2.05, 4.69) is 0 Å². The molecule has 1 aromatic rings. The van der Waals surface area contributed by atoms with Gasteiger partial charge in [0.05, 0.1) is 14.1 Å². The van der Waals surface area contributed by atoms with E-state index in [1.807, 2.05) is 30.3 Å². The Hall–Kier alpha value is -1.39. The third kappa shape index (κ3) is 3.34. The highest BCUT2D eigenvalue weighted by molar-refractivity contribution is 5.72. The van der Waals surface area contributed by atoms with Gasteiger partial charge in [-0.05, 0) is 5.56 Å². The average molecular weight is 209 g/mol. The smallest absolute Gasteiger partial charge is 0.363 e. The standard InChI is InChI=1S/C11H15NO3/c1-12(2,15)10(11(13)14)8-9-6-4-3-5-7-9/h3-7,10H,8H2,1-2H3,(H,13,14)/t10-/m0/s1. The number of carboxylic acid groups (broad SMARTS) is 1. The Labute approximate surface area is 88.9 Å². The van der Waals surface area contributed by atoms with Crippen molar-refractivity contribution in [2.24, 2.45) is 0 Å². The Bertz CT molecular complexity index is 329. The lowest BCUT2D eigenvalue weighted by atomic mass is 10.1. The van der Waals surface area contributed by atoms with Crippen LogP contribution in [0.3, 0.4) is 0 Å². The number of carboxylic acids is 1. The fourth-order valence-electron chi connectivity index (χ4n) is 1.41. The molecule has 1 atom stereocenters. The number of hydrogen-bond acceptors (Lipinski definition) is 2. The topological polar surface area (TPSA) is 60.4 Å². The second kappa shape index (κ2) is 4.42. The van der Waals surface area contributed by atoms with Crippen molar-refractivity contribution in [3.05, 3.63) is 41.1 Å². The Morgan fingerprint density at radius 1 is 1.40 bits per heavy atom. The van der Waals surface area contributed by atoms with E-state index in [0.29, 0.717) is 0 Å². The second-order valence-electron chi connectivity index (χ2n) is 3.98. The van der Waals surface area contributed by atoms with Crippen LogP contribution >= 0.6 is 0 Å². The number of quaternary nitrogens is 1. The molecule has 0 bridgehead atoms. The van der Waals surface area contributed by atoms with Crippen molar-refractivity contribution in [2.75, 3.05) is 14.1 Å². The van der Waals surface area contributed by atoms with Crippen LogP contribution in [-0.4, -0.2) is 35.9 Å². The molecule has 0 saturated carbocycles. The van der Waals surface area contributed by atoms with Crippen molar-refractivity contribution >= 4 is 5.97 Å². The first kappa shape index (κ1) is 11.7. The SMILES string of the molecule is C[N+](C)([O-])[C@@H](Cc1ccccc1)C(=O)O. The fourth-order valence-corrected chi connectivity index (χ4v) is 1.41. The zero-order chi connectivity index (χ0) is 11.5. The quantitative estimate of drug-likeness (QED) is 0.599. The van der Waals surface area contributed by atoms with Crippen LogP contribution in [0.4, 0.5) is 0 Å². The molecule has 1 rings (SSSR count). The van der Waals surface area contributed by atoms with Crippen LogP contribution < -0.4 is 0 Å². The summed E-state index contributed by atoms with van der Waals surface area (Å²) in [4.78, 5) is 10.9. The Balaban J connectivity index is 2.82. The minimum atomic E-state index is -1.06. The first-order valence-corrected chi connectivity index (χ1v) is 4.72.